The highest BCUT2D eigenvalue weighted by atomic mass is 79.9. The largest absolute Gasteiger partial charge is 0.460 e. The molecule has 0 bridgehead atoms. The van der Waals surface area contributed by atoms with Crippen molar-refractivity contribution < 1.29 is 33.2 Å². The van der Waals surface area contributed by atoms with Gasteiger partial charge in [-0.1, -0.05) is 15.9 Å². The third-order valence-electron chi connectivity index (χ3n) is 2.58. The zero-order valence-electron chi connectivity index (χ0n) is 15.7. The standard InChI is InChI=1S/C17H33BrO7/c1-17(2,3)25-16(19)4-6-20-8-10-22-12-14-24-15-13-23-11-9-21-7-5-18/h4-15H2,1-3H3. The number of carbonyl (C=O) groups excluding carboxylic acids is 1. The van der Waals surface area contributed by atoms with Gasteiger partial charge >= 0.3 is 5.97 Å². The van der Waals surface area contributed by atoms with Gasteiger partial charge in [-0.05, 0) is 20.8 Å². The Kier molecular flexibility index (Phi) is 17.0. The topological polar surface area (TPSA) is 72.5 Å². The molecule has 0 aromatic carbocycles. The van der Waals surface area contributed by atoms with E-state index in [1.165, 1.54) is 0 Å². The van der Waals surface area contributed by atoms with E-state index in [1.807, 2.05) is 20.8 Å². The Labute approximate surface area is 159 Å². The minimum atomic E-state index is -0.452. The summed E-state index contributed by atoms with van der Waals surface area (Å²) in [5.74, 6) is -0.251. The lowest BCUT2D eigenvalue weighted by atomic mass is 10.2. The summed E-state index contributed by atoms with van der Waals surface area (Å²) in [5, 5.41) is 0.838. The molecule has 0 aromatic rings. The van der Waals surface area contributed by atoms with Gasteiger partial charge in [-0.25, -0.2) is 0 Å². The normalized spacial score (nSPS) is 11.7. The van der Waals surface area contributed by atoms with Crippen molar-refractivity contribution in [2.24, 2.45) is 0 Å². The highest BCUT2D eigenvalue weighted by molar-refractivity contribution is 9.09. The van der Waals surface area contributed by atoms with Crippen LogP contribution in [0.3, 0.4) is 0 Å². The van der Waals surface area contributed by atoms with Gasteiger partial charge in [0, 0.05) is 5.33 Å². The Bertz CT molecular complexity index is 308. The van der Waals surface area contributed by atoms with E-state index in [9.17, 15) is 4.79 Å². The van der Waals surface area contributed by atoms with E-state index in [2.05, 4.69) is 15.9 Å². The number of hydrogen-bond acceptors (Lipinski definition) is 7. The Morgan fingerprint density at radius 1 is 0.680 bits per heavy atom. The predicted molar refractivity (Wildman–Crippen MR) is 98.4 cm³/mol. The molecule has 8 heteroatoms. The van der Waals surface area contributed by atoms with E-state index >= 15 is 0 Å². The van der Waals surface area contributed by atoms with Crippen LogP contribution in [0.15, 0.2) is 0 Å². The van der Waals surface area contributed by atoms with Crippen LogP contribution in [0.4, 0.5) is 0 Å². The van der Waals surface area contributed by atoms with Crippen molar-refractivity contribution in [1.82, 2.24) is 0 Å². The Morgan fingerprint density at radius 3 is 1.40 bits per heavy atom. The van der Waals surface area contributed by atoms with Gasteiger partial charge in [0.15, 0.2) is 0 Å². The van der Waals surface area contributed by atoms with Crippen molar-refractivity contribution in [3.8, 4) is 0 Å². The second-order valence-corrected chi connectivity index (χ2v) is 6.88. The van der Waals surface area contributed by atoms with Gasteiger partial charge in [-0.3, -0.25) is 4.79 Å². The Morgan fingerprint density at radius 2 is 1.04 bits per heavy atom. The molecule has 0 radical (unpaired) electrons. The van der Waals surface area contributed by atoms with Gasteiger partial charge in [0.05, 0.1) is 72.5 Å². The molecule has 0 amide bonds. The smallest absolute Gasteiger partial charge is 0.308 e. The number of esters is 1. The first-order valence-electron chi connectivity index (χ1n) is 8.62. The SMILES string of the molecule is CC(C)(C)OC(=O)CCOCCOCCOCCOCCOCCBr. The molecular weight excluding hydrogens is 396 g/mol. The van der Waals surface area contributed by atoms with E-state index in [-0.39, 0.29) is 12.4 Å². The number of halogens is 1. The molecule has 0 saturated heterocycles. The zero-order chi connectivity index (χ0) is 18.8. The van der Waals surface area contributed by atoms with Crippen molar-refractivity contribution in [2.45, 2.75) is 32.8 Å². The first-order valence-corrected chi connectivity index (χ1v) is 9.74. The Balaban J connectivity index is 3.13. The molecule has 0 unspecified atom stereocenters. The molecule has 0 aliphatic carbocycles. The van der Waals surface area contributed by atoms with Crippen molar-refractivity contribution in [2.75, 3.05) is 71.4 Å². The lowest BCUT2D eigenvalue weighted by Crippen LogP contribution is -2.24. The van der Waals surface area contributed by atoms with Gasteiger partial charge in [-0.15, -0.1) is 0 Å². The minimum absolute atomic E-state index is 0.251. The van der Waals surface area contributed by atoms with Crippen LogP contribution in [-0.2, 0) is 33.2 Å². The number of hydrogen-bond donors (Lipinski definition) is 0. The van der Waals surface area contributed by atoms with Crippen molar-refractivity contribution >= 4 is 21.9 Å². The van der Waals surface area contributed by atoms with Crippen LogP contribution in [0.5, 0.6) is 0 Å². The van der Waals surface area contributed by atoms with E-state index in [1.54, 1.807) is 0 Å². The van der Waals surface area contributed by atoms with Gasteiger partial charge in [0.1, 0.15) is 5.60 Å². The van der Waals surface area contributed by atoms with Gasteiger partial charge in [-0.2, -0.15) is 0 Å². The lowest BCUT2D eigenvalue weighted by Gasteiger charge is -2.19. The van der Waals surface area contributed by atoms with Gasteiger partial charge in [0.2, 0.25) is 0 Å². The average Bonchev–Trinajstić information content (AvgIpc) is 2.53. The minimum Gasteiger partial charge on any atom is -0.460 e. The number of ether oxygens (including phenoxy) is 6. The molecule has 0 rings (SSSR count). The summed E-state index contributed by atoms with van der Waals surface area (Å²) in [6.45, 7) is 10.8. The molecule has 25 heavy (non-hydrogen) atoms. The fraction of sp³-hybridized carbons (Fsp3) is 0.941. The maximum Gasteiger partial charge on any atom is 0.308 e. The monoisotopic (exact) mass is 428 g/mol. The molecule has 150 valence electrons. The second-order valence-electron chi connectivity index (χ2n) is 6.09. The van der Waals surface area contributed by atoms with Crippen LogP contribution in [0.2, 0.25) is 0 Å². The molecule has 0 saturated carbocycles. The summed E-state index contributed by atoms with van der Waals surface area (Å²) in [4.78, 5) is 11.4. The van der Waals surface area contributed by atoms with Crippen molar-refractivity contribution in [1.29, 1.82) is 0 Å². The Hall–Kier alpha value is -0.250. The van der Waals surface area contributed by atoms with Crippen LogP contribution in [-0.4, -0.2) is 83.0 Å². The predicted octanol–water partition coefficient (Wildman–Crippen LogP) is 2.20. The zero-order valence-corrected chi connectivity index (χ0v) is 17.3. The number of rotatable bonds is 17. The first-order chi connectivity index (χ1) is 12.0. The van der Waals surface area contributed by atoms with Gasteiger partial charge in [0.25, 0.3) is 0 Å². The van der Waals surface area contributed by atoms with E-state index in [0.29, 0.717) is 66.1 Å². The lowest BCUT2D eigenvalue weighted by molar-refractivity contribution is -0.156. The number of carbonyl (C=O) groups is 1. The maximum absolute atomic E-state index is 11.4. The summed E-state index contributed by atoms with van der Waals surface area (Å²) in [7, 11) is 0. The van der Waals surface area contributed by atoms with Crippen LogP contribution >= 0.6 is 15.9 Å². The molecule has 0 N–H and O–H groups in total. The maximum atomic E-state index is 11.4. The van der Waals surface area contributed by atoms with Gasteiger partial charge < -0.3 is 28.4 Å². The van der Waals surface area contributed by atoms with E-state index in [4.69, 9.17) is 28.4 Å². The summed E-state index contributed by atoms with van der Waals surface area (Å²) in [6, 6.07) is 0. The second kappa shape index (κ2) is 17.2. The highest BCUT2D eigenvalue weighted by Gasteiger charge is 2.15. The highest BCUT2D eigenvalue weighted by Crippen LogP contribution is 2.07. The molecule has 0 aromatic heterocycles. The third kappa shape index (κ3) is 21.7. The molecule has 0 aliphatic rings. The van der Waals surface area contributed by atoms with Crippen LogP contribution in [0.25, 0.3) is 0 Å². The molecule has 0 heterocycles. The van der Waals surface area contributed by atoms with Crippen LogP contribution < -0.4 is 0 Å². The van der Waals surface area contributed by atoms with Crippen molar-refractivity contribution in [3.63, 3.8) is 0 Å². The molecule has 0 atom stereocenters. The quantitative estimate of drug-likeness (QED) is 0.199. The molecule has 0 fully saturated rings. The van der Waals surface area contributed by atoms with E-state index < -0.39 is 5.60 Å². The molecule has 0 aliphatic heterocycles. The third-order valence-corrected chi connectivity index (χ3v) is 2.90. The van der Waals surface area contributed by atoms with Crippen LogP contribution in [0.1, 0.15) is 27.2 Å². The van der Waals surface area contributed by atoms with E-state index in [0.717, 1.165) is 5.33 Å². The molecular formula is C17H33BrO7. The van der Waals surface area contributed by atoms with Crippen molar-refractivity contribution in [3.05, 3.63) is 0 Å². The molecule has 0 spiro atoms. The summed E-state index contributed by atoms with van der Waals surface area (Å²) in [6.07, 6.45) is 0.252. The summed E-state index contributed by atoms with van der Waals surface area (Å²) in [5.41, 5.74) is -0.452. The summed E-state index contributed by atoms with van der Waals surface area (Å²) < 4.78 is 31.8. The molecule has 7 nitrogen and oxygen atoms in total. The fourth-order valence-electron chi connectivity index (χ4n) is 1.58. The number of alkyl halides is 1. The fourth-order valence-corrected chi connectivity index (χ4v) is 1.81. The first kappa shape index (κ1) is 24.8. The van der Waals surface area contributed by atoms with Crippen LogP contribution in [0, 0.1) is 0 Å². The summed E-state index contributed by atoms with van der Waals surface area (Å²) >= 11 is 3.28. The average molecular weight is 429 g/mol.